The number of methoxy groups -OCH3 is 1. The summed E-state index contributed by atoms with van der Waals surface area (Å²) in [6.45, 7) is 12.1. The SMILES string of the molecule is C=C(CC[C@@H](C)[C@H]1[C@@H](O)[C@H](O)C2[C@]3(O)C[C@@H](O)C4[C@@H](O)[C@@H](OC5OCC(O)C(O)C5OC)CC[C@]4(C)C3CC[C@@]21C)[C@@H](C)CO. The molecule has 0 radical (unpaired) electrons. The second-order valence-corrected chi connectivity index (χ2v) is 15.8. The van der Waals surface area contributed by atoms with Crippen molar-refractivity contribution in [3.05, 3.63) is 12.2 Å². The first-order valence-electron chi connectivity index (χ1n) is 17.0. The van der Waals surface area contributed by atoms with Gasteiger partial charge in [0.2, 0.25) is 0 Å². The van der Waals surface area contributed by atoms with Gasteiger partial charge in [-0.15, -0.1) is 0 Å². The van der Waals surface area contributed by atoms with E-state index in [4.69, 9.17) is 14.2 Å². The normalized spacial score (nSPS) is 52.8. The fraction of sp³-hybridized carbons (Fsp3) is 0.941. The molecule has 1 heterocycles. The molecule has 5 fully saturated rings. The van der Waals surface area contributed by atoms with Crippen molar-refractivity contribution in [2.75, 3.05) is 20.3 Å². The molecule has 11 nitrogen and oxygen atoms in total. The molecule has 4 aliphatic carbocycles. The van der Waals surface area contributed by atoms with Crippen LogP contribution in [0.4, 0.5) is 0 Å². The lowest BCUT2D eigenvalue weighted by Crippen LogP contribution is -2.71. The fourth-order valence-corrected chi connectivity index (χ4v) is 11.0. The van der Waals surface area contributed by atoms with E-state index in [2.05, 4.69) is 20.4 Å². The maximum absolute atomic E-state index is 12.7. The number of aliphatic hydroxyl groups excluding tert-OH is 7. The van der Waals surface area contributed by atoms with Gasteiger partial charge in [-0.3, -0.25) is 0 Å². The largest absolute Gasteiger partial charge is 0.396 e. The van der Waals surface area contributed by atoms with E-state index in [9.17, 15) is 40.9 Å². The quantitative estimate of drug-likeness (QED) is 0.131. The Morgan fingerprint density at radius 3 is 2.24 bits per heavy atom. The zero-order valence-electron chi connectivity index (χ0n) is 27.5. The van der Waals surface area contributed by atoms with Crippen LogP contribution in [0.2, 0.25) is 0 Å². The topological polar surface area (TPSA) is 190 Å². The first kappa shape index (κ1) is 35.6. The Hall–Kier alpha value is -0.700. The van der Waals surface area contributed by atoms with Crippen LogP contribution in [-0.2, 0) is 14.2 Å². The Morgan fingerprint density at radius 1 is 0.933 bits per heavy atom. The van der Waals surface area contributed by atoms with Gasteiger partial charge in [-0.2, -0.15) is 0 Å². The molecular formula is C34H58O11. The van der Waals surface area contributed by atoms with Gasteiger partial charge in [0.25, 0.3) is 0 Å². The van der Waals surface area contributed by atoms with Gasteiger partial charge in [0, 0.05) is 32.0 Å². The van der Waals surface area contributed by atoms with Crippen LogP contribution in [0.5, 0.6) is 0 Å². The second-order valence-electron chi connectivity index (χ2n) is 15.8. The van der Waals surface area contributed by atoms with E-state index in [0.717, 1.165) is 12.0 Å². The number of hydrogen-bond donors (Lipinski definition) is 8. The second kappa shape index (κ2) is 13.0. The minimum absolute atomic E-state index is 0.0138. The molecule has 0 bridgehead atoms. The summed E-state index contributed by atoms with van der Waals surface area (Å²) in [6.07, 6.45) is -5.76. The molecule has 45 heavy (non-hydrogen) atoms. The Labute approximate surface area is 267 Å². The summed E-state index contributed by atoms with van der Waals surface area (Å²) in [5, 5.41) is 89.2. The van der Waals surface area contributed by atoms with Gasteiger partial charge in [-0.05, 0) is 73.0 Å². The third kappa shape index (κ3) is 5.65. The third-order valence-corrected chi connectivity index (χ3v) is 13.4. The lowest BCUT2D eigenvalue weighted by Gasteiger charge is -2.66. The summed E-state index contributed by atoms with van der Waals surface area (Å²) >= 11 is 0. The first-order valence-corrected chi connectivity index (χ1v) is 17.0. The Balaban J connectivity index is 1.36. The molecule has 0 aromatic carbocycles. The van der Waals surface area contributed by atoms with Crippen LogP contribution in [0, 0.1) is 46.3 Å². The fourth-order valence-electron chi connectivity index (χ4n) is 11.0. The third-order valence-electron chi connectivity index (χ3n) is 13.4. The highest BCUT2D eigenvalue weighted by Gasteiger charge is 2.73. The van der Waals surface area contributed by atoms with E-state index < -0.39 is 83.4 Å². The Bertz CT molecular complexity index is 1060. The van der Waals surface area contributed by atoms with Crippen LogP contribution in [0.1, 0.15) is 72.6 Å². The predicted octanol–water partition coefficient (Wildman–Crippen LogP) is 0.723. The van der Waals surface area contributed by atoms with Crippen molar-refractivity contribution in [1.29, 1.82) is 0 Å². The highest BCUT2D eigenvalue weighted by atomic mass is 16.7. The molecule has 4 saturated carbocycles. The van der Waals surface area contributed by atoms with Crippen LogP contribution < -0.4 is 0 Å². The molecule has 0 amide bonds. The van der Waals surface area contributed by atoms with E-state index >= 15 is 0 Å². The molecule has 0 spiro atoms. The Kier molecular flexibility index (Phi) is 10.3. The van der Waals surface area contributed by atoms with Crippen molar-refractivity contribution in [2.24, 2.45) is 46.3 Å². The van der Waals surface area contributed by atoms with E-state index in [1.54, 1.807) is 0 Å². The van der Waals surface area contributed by atoms with Crippen molar-refractivity contribution in [3.8, 4) is 0 Å². The number of hydrogen-bond acceptors (Lipinski definition) is 11. The van der Waals surface area contributed by atoms with Crippen LogP contribution in [0.15, 0.2) is 12.2 Å². The standard InChI is InChI=1S/C34H58O11/c1-16(18(3)14-35)7-8-17(2)23-27(40)28(41)30-33(23,5)12-10-22-32(4)11-9-21(26(39)24(32)19(36)13-34(22,30)42)45-31-29(43-6)25(38)20(37)15-44-31/h17-31,35-42H,1,7-15H2,2-6H3/t17-,18+,19-,20?,21+,22?,23+,24?,25?,26+,27-,28+,29?,30?,31?,32-,33-,34+/m1/s1. The molecule has 5 rings (SSSR count). The summed E-state index contributed by atoms with van der Waals surface area (Å²) in [5.74, 6) is -1.87. The molecule has 18 atom stereocenters. The van der Waals surface area contributed by atoms with Crippen LogP contribution in [0.25, 0.3) is 0 Å². The summed E-state index contributed by atoms with van der Waals surface area (Å²) in [5.41, 5.74) is -1.75. The average Bonchev–Trinajstić information content (AvgIpc) is 3.19. The zero-order valence-corrected chi connectivity index (χ0v) is 27.5. The number of rotatable bonds is 9. The van der Waals surface area contributed by atoms with Crippen molar-refractivity contribution in [3.63, 3.8) is 0 Å². The number of fused-ring (bicyclic) bond motifs is 5. The molecule has 260 valence electrons. The lowest BCUT2D eigenvalue weighted by atomic mass is 9.41. The molecular weight excluding hydrogens is 584 g/mol. The maximum atomic E-state index is 12.7. The van der Waals surface area contributed by atoms with E-state index in [1.807, 2.05) is 13.8 Å². The summed E-state index contributed by atoms with van der Waals surface area (Å²) in [7, 11) is 1.39. The monoisotopic (exact) mass is 642 g/mol. The molecule has 0 aromatic heterocycles. The highest BCUT2D eigenvalue weighted by molar-refractivity contribution is 5.22. The molecule has 0 aromatic rings. The van der Waals surface area contributed by atoms with Crippen molar-refractivity contribution in [1.82, 2.24) is 0 Å². The van der Waals surface area contributed by atoms with Crippen molar-refractivity contribution >= 4 is 0 Å². The van der Waals surface area contributed by atoms with Gasteiger partial charge in [-0.25, -0.2) is 0 Å². The van der Waals surface area contributed by atoms with Gasteiger partial charge in [0.15, 0.2) is 6.29 Å². The first-order chi connectivity index (χ1) is 21.1. The molecule has 8 N–H and O–H groups in total. The summed E-state index contributed by atoms with van der Waals surface area (Å²) in [6, 6.07) is 0. The predicted molar refractivity (Wildman–Crippen MR) is 163 cm³/mol. The lowest BCUT2D eigenvalue weighted by molar-refractivity contribution is -0.320. The van der Waals surface area contributed by atoms with Gasteiger partial charge >= 0.3 is 0 Å². The molecule has 7 unspecified atom stereocenters. The molecule has 5 aliphatic rings. The van der Waals surface area contributed by atoms with Gasteiger partial charge in [0.1, 0.15) is 18.3 Å². The smallest absolute Gasteiger partial charge is 0.186 e. The number of aliphatic hydroxyl groups is 8. The van der Waals surface area contributed by atoms with Gasteiger partial charge in [0.05, 0.1) is 42.7 Å². The summed E-state index contributed by atoms with van der Waals surface area (Å²) in [4.78, 5) is 0. The minimum Gasteiger partial charge on any atom is -0.396 e. The van der Waals surface area contributed by atoms with E-state index in [1.165, 1.54) is 7.11 Å². The van der Waals surface area contributed by atoms with Crippen LogP contribution in [-0.4, -0.2) is 122 Å². The van der Waals surface area contributed by atoms with E-state index in [0.29, 0.717) is 32.1 Å². The van der Waals surface area contributed by atoms with Crippen molar-refractivity contribution in [2.45, 2.75) is 133 Å². The van der Waals surface area contributed by atoms with Gasteiger partial charge < -0.3 is 55.1 Å². The Morgan fingerprint density at radius 2 is 1.60 bits per heavy atom. The van der Waals surface area contributed by atoms with Gasteiger partial charge in [-0.1, -0.05) is 39.8 Å². The molecule has 1 saturated heterocycles. The summed E-state index contributed by atoms with van der Waals surface area (Å²) < 4.78 is 17.1. The van der Waals surface area contributed by atoms with Crippen LogP contribution in [0.3, 0.4) is 0 Å². The molecule has 1 aliphatic heterocycles. The van der Waals surface area contributed by atoms with Crippen molar-refractivity contribution < 1.29 is 55.1 Å². The zero-order chi connectivity index (χ0) is 33.2. The highest BCUT2D eigenvalue weighted by Crippen LogP contribution is 2.70. The minimum atomic E-state index is -1.46. The van der Waals surface area contributed by atoms with Crippen LogP contribution >= 0.6 is 0 Å². The average molecular weight is 643 g/mol. The molecule has 11 heteroatoms. The maximum Gasteiger partial charge on any atom is 0.186 e. The number of ether oxygens (including phenoxy) is 3. The van der Waals surface area contributed by atoms with E-state index in [-0.39, 0.29) is 43.3 Å².